The molecule has 2 aromatic carbocycles. The van der Waals surface area contributed by atoms with Crippen LogP contribution in [0.5, 0.6) is 5.88 Å². The number of hydrogen-bond donors (Lipinski definition) is 1. The number of aromatic nitrogens is 2. The highest BCUT2D eigenvalue weighted by molar-refractivity contribution is 7.92. The summed E-state index contributed by atoms with van der Waals surface area (Å²) in [5.41, 5.74) is 0.0595. The third kappa shape index (κ3) is 4.18. The number of carbonyl (C=O) groups is 1. The highest BCUT2D eigenvalue weighted by atomic mass is 35.5. The third-order valence-corrected chi connectivity index (χ3v) is 7.18. The van der Waals surface area contributed by atoms with E-state index in [0.717, 1.165) is 22.5 Å². The number of nitrogens with zero attached hydrogens (tertiary/aromatic N) is 3. The van der Waals surface area contributed by atoms with Crippen LogP contribution in [0.1, 0.15) is 10.4 Å². The number of ether oxygens (including phenoxy) is 1. The molecule has 1 N–H and O–H groups in total. The quantitative estimate of drug-likeness (QED) is 0.550. The van der Waals surface area contributed by atoms with Gasteiger partial charge in [0.1, 0.15) is 18.1 Å². The number of fused-ring (bicyclic) bond motifs is 1. The molecule has 0 radical (unpaired) electrons. The van der Waals surface area contributed by atoms with Crippen molar-refractivity contribution in [3.63, 3.8) is 0 Å². The van der Waals surface area contributed by atoms with E-state index in [2.05, 4.69) is 15.5 Å². The van der Waals surface area contributed by atoms with Gasteiger partial charge in [-0.2, -0.15) is 0 Å². The SMILES string of the molecule is O=C(Nc1cc2c(nn1)OCCN2S(=O)(=O)c1ccc(F)c(Cl)c1)c1c(Cl)cccc1Cl. The predicted molar refractivity (Wildman–Crippen MR) is 118 cm³/mol. The van der Waals surface area contributed by atoms with Gasteiger partial charge in [0.15, 0.2) is 5.82 Å². The molecule has 3 aromatic rings. The van der Waals surface area contributed by atoms with Crippen molar-refractivity contribution in [2.45, 2.75) is 4.90 Å². The molecule has 13 heteroatoms. The zero-order valence-corrected chi connectivity index (χ0v) is 18.9. The number of benzene rings is 2. The average molecular weight is 518 g/mol. The molecule has 0 saturated heterocycles. The van der Waals surface area contributed by atoms with Crippen LogP contribution in [0.4, 0.5) is 15.9 Å². The zero-order chi connectivity index (χ0) is 23.0. The largest absolute Gasteiger partial charge is 0.473 e. The predicted octanol–water partition coefficient (Wildman–Crippen LogP) is 4.42. The molecule has 4 rings (SSSR count). The summed E-state index contributed by atoms with van der Waals surface area (Å²) in [6.07, 6.45) is 0. The fourth-order valence-corrected chi connectivity index (χ4v) is 5.25. The molecule has 0 saturated carbocycles. The molecule has 0 atom stereocenters. The highest BCUT2D eigenvalue weighted by Gasteiger charge is 2.32. The summed E-state index contributed by atoms with van der Waals surface area (Å²) in [6, 6.07) is 8.93. The Bertz CT molecular complexity index is 1320. The van der Waals surface area contributed by atoms with Gasteiger partial charge >= 0.3 is 0 Å². The smallest absolute Gasteiger partial charge is 0.264 e. The zero-order valence-electron chi connectivity index (χ0n) is 15.9. The molecule has 8 nitrogen and oxygen atoms in total. The van der Waals surface area contributed by atoms with Crippen LogP contribution < -0.4 is 14.4 Å². The van der Waals surface area contributed by atoms with Gasteiger partial charge in [0.2, 0.25) is 0 Å². The molecule has 0 spiro atoms. The summed E-state index contributed by atoms with van der Waals surface area (Å²) in [5.74, 6) is -1.53. The van der Waals surface area contributed by atoms with Crippen molar-refractivity contribution in [2.75, 3.05) is 22.8 Å². The summed E-state index contributed by atoms with van der Waals surface area (Å²) in [7, 11) is -4.15. The number of amides is 1. The van der Waals surface area contributed by atoms with Gasteiger partial charge in [-0.25, -0.2) is 12.8 Å². The van der Waals surface area contributed by atoms with Gasteiger partial charge in [0, 0.05) is 6.07 Å². The molecule has 0 bridgehead atoms. The van der Waals surface area contributed by atoms with Gasteiger partial charge in [-0.05, 0) is 30.3 Å². The van der Waals surface area contributed by atoms with E-state index in [1.807, 2.05) is 0 Å². The Morgan fingerprint density at radius 3 is 2.47 bits per heavy atom. The van der Waals surface area contributed by atoms with Crippen molar-refractivity contribution in [1.82, 2.24) is 10.2 Å². The van der Waals surface area contributed by atoms with Gasteiger partial charge in [-0.1, -0.05) is 40.9 Å². The Labute approximate surface area is 196 Å². The number of anilines is 2. The number of carbonyl (C=O) groups excluding carboxylic acids is 1. The lowest BCUT2D eigenvalue weighted by Crippen LogP contribution is -2.38. The van der Waals surface area contributed by atoms with Crippen molar-refractivity contribution in [1.29, 1.82) is 0 Å². The number of halogens is 4. The number of sulfonamides is 1. The standard InChI is InChI=1S/C19H12Cl3FN4O4S/c20-11-2-1-3-12(21)17(11)18(28)24-16-9-15-19(26-25-16)31-7-6-27(15)32(29,30)10-4-5-14(23)13(22)8-10/h1-5,8-9H,6-7H2,(H,24,25,28). The van der Waals surface area contributed by atoms with Gasteiger partial charge in [0.05, 0.1) is 32.1 Å². The fraction of sp³-hybridized carbons (Fsp3) is 0.105. The molecule has 0 fully saturated rings. The molecule has 32 heavy (non-hydrogen) atoms. The second-order valence-corrected chi connectivity index (χ2v) is 9.56. The summed E-state index contributed by atoms with van der Waals surface area (Å²) < 4.78 is 46.3. The van der Waals surface area contributed by atoms with Crippen LogP contribution >= 0.6 is 34.8 Å². The van der Waals surface area contributed by atoms with Crippen molar-refractivity contribution in [3.05, 3.63) is 68.9 Å². The van der Waals surface area contributed by atoms with Gasteiger partial charge in [-0.3, -0.25) is 9.10 Å². The summed E-state index contributed by atoms with van der Waals surface area (Å²) in [5, 5.41) is 10.1. The Morgan fingerprint density at radius 2 is 1.78 bits per heavy atom. The van der Waals surface area contributed by atoms with Crippen LogP contribution in [0.3, 0.4) is 0 Å². The Morgan fingerprint density at radius 1 is 1.06 bits per heavy atom. The monoisotopic (exact) mass is 516 g/mol. The summed E-state index contributed by atoms with van der Waals surface area (Å²) in [4.78, 5) is 12.4. The molecule has 0 aliphatic carbocycles. The first kappa shape index (κ1) is 22.5. The van der Waals surface area contributed by atoms with E-state index >= 15 is 0 Å². The lowest BCUT2D eigenvalue weighted by molar-refractivity contribution is 0.102. The molecule has 1 aromatic heterocycles. The van der Waals surface area contributed by atoms with Crippen molar-refractivity contribution in [2.24, 2.45) is 0 Å². The molecule has 1 aliphatic rings. The summed E-state index contributed by atoms with van der Waals surface area (Å²) >= 11 is 17.9. The maximum Gasteiger partial charge on any atom is 0.264 e. The molecular formula is C19H12Cl3FN4O4S. The van der Waals surface area contributed by atoms with Crippen LogP contribution in [0.25, 0.3) is 0 Å². The van der Waals surface area contributed by atoms with Crippen molar-refractivity contribution >= 4 is 62.2 Å². The van der Waals surface area contributed by atoms with Crippen LogP contribution in [0.2, 0.25) is 15.1 Å². The Hall–Kier alpha value is -2.66. The maximum atomic E-state index is 13.5. The van der Waals surface area contributed by atoms with Crippen LogP contribution in [0, 0.1) is 5.82 Å². The maximum absolute atomic E-state index is 13.5. The lowest BCUT2D eigenvalue weighted by Gasteiger charge is -2.29. The second kappa shape index (κ2) is 8.70. The molecule has 166 valence electrons. The van der Waals surface area contributed by atoms with E-state index in [1.54, 1.807) is 6.07 Å². The van der Waals surface area contributed by atoms with Gasteiger partial charge in [0.25, 0.3) is 21.8 Å². The Balaban J connectivity index is 1.69. The first-order valence-electron chi connectivity index (χ1n) is 8.92. The van der Waals surface area contributed by atoms with E-state index < -0.39 is 21.7 Å². The minimum Gasteiger partial charge on any atom is -0.473 e. The van der Waals surface area contributed by atoms with E-state index in [1.165, 1.54) is 18.2 Å². The molecule has 0 unspecified atom stereocenters. The van der Waals surface area contributed by atoms with Crippen LogP contribution in [-0.4, -0.2) is 37.7 Å². The molecule has 2 heterocycles. The van der Waals surface area contributed by atoms with E-state index in [-0.39, 0.29) is 56.1 Å². The number of hydrogen-bond acceptors (Lipinski definition) is 6. The average Bonchev–Trinajstić information content (AvgIpc) is 2.75. The number of rotatable bonds is 4. The topological polar surface area (TPSA) is 101 Å². The molecule has 1 aliphatic heterocycles. The molecular weight excluding hydrogens is 506 g/mol. The third-order valence-electron chi connectivity index (χ3n) is 4.45. The van der Waals surface area contributed by atoms with Crippen LogP contribution in [0.15, 0.2) is 47.4 Å². The van der Waals surface area contributed by atoms with E-state index in [9.17, 15) is 17.6 Å². The highest BCUT2D eigenvalue weighted by Crippen LogP contribution is 2.35. The van der Waals surface area contributed by atoms with Crippen molar-refractivity contribution < 1.29 is 22.3 Å². The first-order chi connectivity index (χ1) is 15.2. The van der Waals surface area contributed by atoms with Gasteiger partial charge in [-0.15, -0.1) is 10.2 Å². The second-order valence-electron chi connectivity index (χ2n) is 6.47. The minimum atomic E-state index is -4.15. The van der Waals surface area contributed by atoms with Crippen molar-refractivity contribution in [3.8, 4) is 5.88 Å². The minimum absolute atomic E-state index is 0.0107. The van der Waals surface area contributed by atoms with Gasteiger partial charge < -0.3 is 10.1 Å². The van der Waals surface area contributed by atoms with E-state index in [0.29, 0.717) is 0 Å². The van der Waals surface area contributed by atoms with Crippen LogP contribution in [-0.2, 0) is 10.0 Å². The lowest BCUT2D eigenvalue weighted by atomic mass is 10.2. The first-order valence-corrected chi connectivity index (χ1v) is 11.5. The fourth-order valence-electron chi connectivity index (χ4n) is 2.97. The number of nitrogens with one attached hydrogen (secondary N) is 1. The van der Waals surface area contributed by atoms with E-state index in [4.69, 9.17) is 39.5 Å². The summed E-state index contributed by atoms with van der Waals surface area (Å²) in [6.45, 7) is -0.0451. The molecule has 1 amide bonds. The normalized spacial score (nSPS) is 13.3. The Kier molecular flexibility index (Phi) is 6.13.